The molecule has 13 heavy (non-hydrogen) atoms. The van der Waals surface area contributed by atoms with Gasteiger partial charge in [0.25, 0.3) is 0 Å². The van der Waals surface area contributed by atoms with Crippen LogP contribution in [0.2, 0.25) is 0 Å². The molecule has 5 heteroatoms. The zero-order chi connectivity index (χ0) is 9.26. The van der Waals surface area contributed by atoms with Crippen molar-refractivity contribution >= 4 is 24.5 Å². The standard InChI is InChI=1S/C8H8N2O2S/c11-8-10(3-4-12-8)7-2-1-6(13)5-9-7/h1-2,5,13H,3-4H2. The molecule has 0 aromatic carbocycles. The molecule has 2 rings (SSSR count). The van der Waals surface area contributed by atoms with Gasteiger partial charge in [-0.2, -0.15) is 0 Å². The molecule has 1 aliphatic heterocycles. The molecule has 1 amide bonds. The first-order chi connectivity index (χ1) is 6.27. The summed E-state index contributed by atoms with van der Waals surface area (Å²) in [6, 6.07) is 3.53. The molecule has 1 aromatic rings. The third kappa shape index (κ3) is 1.60. The molecule has 1 fully saturated rings. The number of carbonyl (C=O) groups is 1. The van der Waals surface area contributed by atoms with Gasteiger partial charge < -0.3 is 4.74 Å². The quantitative estimate of drug-likeness (QED) is 0.689. The van der Waals surface area contributed by atoms with Crippen molar-refractivity contribution in [1.29, 1.82) is 0 Å². The van der Waals surface area contributed by atoms with Gasteiger partial charge in [0, 0.05) is 11.1 Å². The zero-order valence-electron chi connectivity index (χ0n) is 6.80. The first-order valence-electron chi connectivity index (χ1n) is 3.87. The predicted octanol–water partition coefficient (Wildman–Crippen LogP) is 1.33. The Labute approximate surface area is 80.9 Å². The van der Waals surface area contributed by atoms with Crippen molar-refractivity contribution in [3.63, 3.8) is 0 Å². The van der Waals surface area contributed by atoms with E-state index in [2.05, 4.69) is 17.6 Å². The summed E-state index contributed by atoms with van der Waals surface area (Å²) >= 11 is 4.10. The van der Waals surface area contributed by atoms with Gasteiger partial charge >= 0.3 is 6.09 Å². The van der Waals surface area contributed by atoms with E-state index >= 15 is 0 Å². The lowest BCUT2D eigenvalue weighted by molar-refractivity contribution is 0.181. The van der Waals surface area contributed by atoms with Crippen LogP contribution in [0, 0.1) is 0 Å². The van der Waals surface area contributed by atoms with E-state index in [1.54, 1.807) is 18.3 Å². The van der Waals surface area contributed by atoms with Crippen LogP contribution in [-0.4, -0.2) is 24.2 Å². The van der Waals surface area contributed by atoms with E-state index in [4.69, 9.17) is 4.74 Å². The van der Waals surface area contributed by atoms with Crippen LogP contribution in [0.4, 0.5) is 10.6 Å². The van der Waals surface area contributed by atoms with Crippen LogP contribution in [0.15, 0.2) is 23.2 Å². The van der Waals surface area contributed by atoms with Gasteiger partial charge in [0.2, 0.25) is 0 Å². The van der Waals surface area contributed by atoms with Crippen LogP contribution in [-0.2, 0) is 4.74 Å². The third-order valence-electron chi connectivity index (χ3n) is 1.77. The summed E-state index contributed by atoms with van der Waals surface area (Å²) in [6.07, 6.45) is 1.27. The topological polar surface area (TPSA) is 42.4 Å². The van der Waals surface area contributed by atoms with Crippen molar-refractivity contribution in [2.45, 2.75) is 4.90 Å². The van der Waals surface area contributed by atoms with Gasteiger partial charge in [-0.15, -0.1) is 12.6 Å². The summed E-state index contributed by atoms with van der Waals surface area (Å²) in [5, 5.41) is 0. The lowest BCUT2D eigenvalue weighted by Crippen LogP contribution is -2.24. The van der Waals surface area contributed by atoms with Crippen molar-refractivity contribution in [2.75, 3.05) is 18.1 Å². The molecule has 1 saturated heterocycles. The van der Waals surface area contributed by atoms with Crippen molar-refractivity contribution < 1.29 is 9.53 Å². The Hall–Kier alpha value is -1.23. The molecule has 2 heterocycles. The summed E-state index contributed by atoms with van der Waals surface area (Å²) in [5.74, 6) is 0.611. The normalized spacial score (nSPS) is 16.1. The predicted molar refractivity (Wildman–Crippen MR) is 50.2 cm³/mol. The lowest BCUT2D eigenvalue weighted by atomic mass is 10.4. The van der Waals surface area contributed by atoms with E-state index in [1.807, 2.05) is 0 Å². The molecular formula is C8H8N2O2S. The fourth-order valence-electron chi connectivity index (χ4n) is 1.14. The molecule has 0 bridgehead atoms. The molecule has 0 aliphatic carbocycles. The maximum atomic E-state index is 11.1. The molecule has 1 aromatic heterocycles. The number of carbonyl (C=O) groups excluding carboxylic acids is 1. The molecule has 0 atom stereocenters. The van der Waals surface area contributed by atoms with E-state index in [-0.39, 0.29) is 6.09 Å². The van der Waals surface area contributed by atoms with Gasteiger partial charge in [0.05, 0.1) is 6.54 Å². The second kappa shape index (κ2) is 3.26. The highest BCUT2D eigenvalue weighted by atomic mass is 32.1. The fraction of sp³-hybridized carbons (Fsp3) is 0.250. The van der Waals surface area contributed by atoms with Crippen LogP contribution in [0.5, 0.6) is 0 Å². The highest BCUT2D eigenvalue weighted by Gasteiger charge is 2.24. The van der Waals surface area contributed by atoms with Crippen molar-refractivity contribution in [3.05, 3.63) is 18.3 Å². The number of anilines is 1. The molecule has 0 saturated carbocycles. The van der Waals surface area contributed by atoms with Crippen molar-refractivity contribution in [1.82, 2.24) is 4.98 Å². The van der Waals surface area contributed by atoms with Crippen LogP contribution >= 0.6 is 12.6 Å². The molecule has 0 spiro atoms. The van der Waals surface area contributed by atoms with Gasteiger partial charge in [-0.3, -0.25) is 4.90 Å². The second-order valence-electron chi connectivity index (χ2n) is 2.64. The summed E-state index contributed by atoms with van der Waals surface area (Å²) in [4.78, 5) is 17.4. The van der Waals surface area contributed by atoms with E-state index in [9.17, 15) is 4.79 Å². The largest absolute Gasteiger partial charge is 0.447 e. The first kappa shape index (κ1) is 8.37. The summed E-state index contributed by atoms with van der Waals surface area (Å²) < 4.78 is 4.78. The van der Waals surface area contributed by atoms with Gasteiger partial charge in [-0.1, -0.05) is 0 Å². The number of aromatic nitrogens is 1. The number of nitrogens with zero attached hydrogens (tertiary/aromatic N) is 2. The molecule has 0 N–H and O–H groups in total. The van der Waals surface area contributed by atoms with Gasteiger partial charge in [-0.05, 0) is 12.1 Å². The van der Waals surface area contributed by atoms with Crippen molar-refractivity contribution in [2.24, 2.45) is 0 Å². The second-order valence-corrected chi connectivity index (χ2v) is 3.16. The average molecular weight is 196 g/mol. The number of hydrogen-bond acceptors (Lipinski definition) is 4. The Balaban J connectivity index is 2.25. The molecule has 68 valence electrons. The smallest absolute Gasteiger partial charge is 0.415 e. The molecular weight excluding hydrogens is 188 g/mol. The molecule has 4 nitrogen and oxygen atoms in total. The number of cyclic esters (lactones) is 1. The maximum Gasteiger partial charge on any atom is 0.415 e. The minimum Gasteiger partial charge on any atom is -0.447 e. The number of hydrogen-bond donors (Lipinski definition) is 1. The van der Waals surface area contributed by atoms with E-state index in [0.717, 1.165) is 4.90 Å². The summed E-state index contributed by atoms with van der Waals surface area (Å²) in [6.45, 7) is 1.00. The van der Waals surface area contributed by atoms with E-state index in [1.165, 1.54) is 4.90 Å². The molecule has 0 radical (unpaired) electrons. The first-order valence-corrected chi connectivity index (χ1v) is 4.31. The Kier molecular flexibility index (Phi) is 2.10. The number of thiol groups is 1. The Morgan fingerprint density at radius 3 is 2.92 bits per heavy atom. The Morgan fingerprint density at radius 2 is 2.38 bits per heavy atom. The third-order valence-corrected chi connectivity index (χ3v) is 2.03. The zero-order valence-corrected chi connectivity index (χ0v) is 7.70. The highest BCUT2D eigenvalue weighted by Crippen LogP contribution is 2.16. The van der Waals surface area contributed by atoms with Crippen LogP contribution in [0.3, 0.4) is 0 Å². The average Bonchev–Trinajstić information content (AvgIpc) is 2.53. The van der Waals surface area contributed by atoms with Gasteiger partial charge in [0.1, 0.15) is 12.4 Å². The maximum absolute atomic E-state index is 11.1. The lowest BCUT2D eigenvalue weighted by Gasteiger charge is -2.10. The number of amides is 1. The van der Waals surface area contributed by atoms with Crippen LogP contribution < -0.4 is 4.90 Å². The summed E-state index contributed by atoms with van der Waals surface area (Å²) in [5.41, 5.74) is 0. The minimum absolute atomic E-state index is 0.334. The summed E-state index contributed by atoms with van der Waals surface area (Å²) in [7, 11) is 0. The van der Waals surface area contributed by atoms with Gasteiger partial charge in [0.15, 0.2) is 0 Å². The van der Waals surface area contributed by atoms with Crippen LogP contribution in [0.25, 0.3) is 0 Å². The Morgan fingerprint density at radius 1 is 1.54 bits per heavy atom. The number of rotatable bonds is 1. The van der Waals surface area contributed by atoms with Crippen LogP contribution in [0.1, 0.15) is 0 Å². The molecule has 0 unspecified atom stereocenters. The monoisotopic (exact) mass is 196 g/mol. The Bertz CT molecular complexity index is 325. The van der Waals surface area contributed by atoms with E-state index in [0.29, 0.717) is 19.0 Å². The SMILES string of the molecule is O=C1OCCN1c1ccc(S)cn1. The van der Waals surface area contributed by atoms with E-state index < -0.39 is 0 Å². The number of pyridine rings is 1. The highest BCUT2D eigenvalue weighted by molar-refractivity contribution is 7.80. The minimum atomic E-state index is -0.334. The van der Waals surface area contributed by atoms with Crippen molar-refractivity contribution in [3.8, 4) is 0 Å². The molecule has 1 aliphatic rings. The van der Waals surface area contributed by atoms with Gasteiger partial charge in [-0.25, -0.2) is 9.78 Å². The number of ether oxygens (including phenoxy) is 1. The fourth-order valence-corrected chi connectivity index (χ4v) is 1.27.